The van der Waals surface area contributed by atoms with Crippen LogP contribution in [0.5, 0.6) is 0 Å². The SMILES string of the molecule is Cc1ccc(C)c(N2N=C(C(=O)N3CCCC3c3cccn3C)CCC2=O)c1. The first-order valence-corrected chi connectivity index (χ1v) is 9.85. The molecule has 2 aliphatic heterocycles. The number of hydrazone groups is 1. The summed E-state index contributed by atoms with van der Waals surface area (Å²) in [6.07, 6.45) is 4.65. The van der Waals surface area contributed by atoms with Gasteiger partial charge in [-0.25, -0.2) is 5.01 Å². The van der Waals surface area contributed by atoms with Crippen LogP contribution in [-0.2, 0) is 16.6 Å². The molecule has 2 amide bonds. The van der Waals surface area contributed by atoms with E-state index >= 15 is 0 Å². The predicted molar refractivity (Wildman–Crippen MR) is 109 cm³/mol. The van der Waals surface area contributed by atoms with Gasteiger partial charge in [0.2, 0.25) is 5.91 Å². The molecule has 6 heteroatoms. The number of aromatic nitrogens is 1. The Labute approximate surface area is 165 Å². The molecule has 2 aliphatic rings. The first-order chi connectivity index (χ1) is 13.5. The van der Waals surface area contributed by atoms with Gasteiger partial charge in [0.25, 0.3) is 5.91 Å². The quantitative estimate of drug-likeness (QED) is 0.821. The van der Waals surface area contributed by atoms with E-state index in [4.69, 9.17) is 0 Å². The van der Waals surface area contributed by atoms with E-state index in [9.17, 15) is 9.59 Å². The minimum atomic E-state index is -0.0642. The fourth-order valence-electron chi connectivity index (χ4n) is 4.15. The number of carbonyl (C=O) groups is 2. The molecular formula is C22H26N4O2. The van der Waals surface area contributed by atoms with Crippen LogP contribution in [0.25, 0.3) is 0 Å². The lowest BCUT2D eigenvalue weighted by Gasteiger charge is -2.29. The predicted octanol–water partition coefficient (Wildman–Crippen LogP) is 3.49. The normalized spacial score (nSPS) is 19.9. The van der Waals surface area contributed by atoms with Crippen molar-refractivity contribution in [1.29, 1.82) is 0 Å². The average Bonchev–Trinajstić information content (AvgIpc) is 3.32. The Balaban J connectivity index is 1.64. The number of amides is 2. The zero-order chi connectivity index (χ0) is 19.8. The molecule has 2 aromatic rings. The largest absolute Gasteiger partial charge is 0.353 e. The lowest BCUT2D eigenvalue weighted by molar-refractivity contribution is -0.125. The molecule has 1 aromatic carbocycles. The Morgan fingerprint density at radius 1 is 1.18 bits per heavy atom. The Bertz CT molecular complexity index is 959. The van der Waals surface area contributed by atoms with Crippen LogP contribution in [0.4, 0.5) is 5.69 Å². The molecular weight excluding hydrogens is 352 g/mol. The second-order valence-electron chi connectivity index (χ2n) is 7.74. The van der Waals surface area contributed by atoms with Crippen molar-refractivity contribution >= 4 is 23.2 Å². The molecule has 1 aromatic heterocycles. The summed E-state index contributed by atoms with van der Waals surface area (Å²) in [7, 11) is 2.01. The topological polar surface area (TPSA) is 57.9 Å². The van der Waals surface area contributed by atoms with E-state index in [0.29, 0.717) is 18.6 Å². The van der Waals surface area contributed by atoms with Crippen molar-refractivity contribution in [2.45, 2.75) is 45.6 Å². The van der Waals surface area contributed by atoms with E-state index in [1.54, 1.807) is 0 Å². The molecule has 1 fully saturated rings. The molecule has 0 N–H and O–H groups in total. The van der Waals surface area contributed by atoms with E-state index in [1.165, 1.54) is 5.01 Å². The summed E-state index contributed by atoms with van der Waals surface area (Å²) >= 11 is 0. The van der Waals surface area contributed by atoms with Crippen LogP contribution in [0.2, 0.25) is 0 Å². The maximum Gasteiger partial charge on any atom is 0.270 e. The van der Waals surface area contributed by atoms with Crippen LogP contribution >= 0.6 is 0 Å². The van der Waals surface area contributed by atoms with Crippen molar-refractivity contribution in [1.82, 2.24) is 9.47 Å². The fraction of sp³-hybridized carbons (Fsp3) is 0.409. The highest BCUT2D eigenvalue weighted by Gasteiger charge is 2.35. The third kappa shape index (κ3) is 3.23. The van der Waals surface area contributed by atoms with Crippen LogP contribution < -0.4 is 5.01 Å². The first-order valence-electron chi connectivity index (χ1n) is 9.85. The van der Waals surface area contributed by atoms with Gasteiger partial charge in [-0.1, -0.05) is 12.1 Å². The zero-order valence-electron chi connectivity index (χ0n) is 16.7. The number of likely N-dealkylation sites (tertiary alicyclic amines) is 1. The van der Waals surface area contributed by atoms with Gasteiger partial charge in [0.1, 0.15) is 5.71 Å². The first kappa shape index (κ1) is 18.5. The number of aryl methyl sites for hydroxylation is 3. The Kier molecular flexibility index (Phi) is 4.79. The lowest BCUT2D eigenvalue weighted by Crippen LogP contribution is -2.41. The van der Waals surface area contributed by atoms with Gasteiger partial charge in [-0.15, -0.1) is 0 Å². The maximum atomic E-state index is 13.3. The van der Waals surface area contributed by atoms with Gasteiger partial charge in [-0.2, -0.15) is 5.10 Å². The van der Waals surface area contributed by atoms with Crippen molar-refractivity contribution < 1.29 is 9.59 Å². The van der Waals surface area contributed by atoms with Crippen molar-refractivity contribution in [2.75, 3.05) is 11.6 Å². The molecule has 0 bridgehead atoms. The molecule has 1 saturated heterocycles. The Hall–Kier alpha value is -2.89. The number of hydrogen-bond acceptors (Lipinski definition) is 3. The molecule has 1 unspecified atom stereocenters. The fourth-order valence-corrected chi connectivity index (χ4v) is 4.15. The summed E-state index contributed by atoms with van der Waals surface area (Å²) in [5.74, 6) is -0.114. The van der Waals surface area contributed by atoms with Gasteiger partial charge in [0.05, 0.1) is 11.7 Å². The van der Waals surface area contributed by atoms with Gasteiger partial charge >= 0.3 is 0 Å². The summed E-state index contributed by atoms with van der Waals surface area (Å²) in [6.45, 7) is 4.67. The molecule has 28 heavy (non-hydrogen) atoms. The van der Waals surface area contributed by atoms with Crippen molar-refractivity contribution in [3.05, 3.63) is 53.3 Å². The molecule has 0 saturated carbocycles. The minimum absolute atomic E-state index is 0.0495. The number of nitrogens with zero attached hydrogens (tertiary/aromatic N) is 4. The number of hydrogen-bond donors (Lipinski definition) is 0. The molecule has 1 atom stereocenters. The summed E-state index contributed by atoms with van der Waals surface area (Å²) in [6, 6.07) is 10.1. The van der Waals surface area contributed by atoms with Gasteiger partial charge in [-0.3, -0.25) is 9.59 Å². The molecule has 6 nitrogen and oxygen atoms in total. The highest BCUT2D eigenvalue weighted by atomic mass is 16.2. The van der Waals surface area contributed by atoms with Gasteiger partial charge in [-0.05, 0) is 56.0 Å². The smallest absolute Gasteiger partial charge is 0.270 e. The third-order valence-corrected chi connectivity index (χ3v) is 5.71. The average molecular weight is 378 g/mol. The van der Waals surface area contributed by atoms with E-state index in [-0.39, 0.29) is 17.9 Å². The number of benzene rings is 1. The molecule has 146 valence electrons. The minimum Gasteiger partial charge on any atom is -0.353 e. The van der Waals surface area contributed by atoms with Crippen LogP contribution in [0.3, 0.4) is 0 Å². The van der Waals surface area contributed by atoms with E-state index in [0.717, 1.165) is 41.9 Å². The Morgan fingerprint density at radius 3 is 2.75 bits per heavy atom. The monoisotopic (exact) mass is 378 g/mol. The van der Waals surface area contributed by atoms with E-state index < -0.39 is 0 Å². The highest BCUT2D eigenvalue weighted by Crippen LogP contribution is 2.33. The standard InChI is InChI=1S/C22H26N4O2/c1-15-8-9-16(2)20(14-15)26-21(27)11-10-17(23-26)22(28)25-13-5-7-19(25)18-6-4-12-24(18)3/h4,6,8-9,12,14,19H,5,7,10-11,13H2,1-3H3. The summed E-state index contributed by atoms with van der Waals surface area (Å²) < 4.78 is 2.07. The highest BCUT2D eigenvalue weighted by molar-refractivity contribution is 6.40. The number of rotatable bonds is 3. The zero-order valence-corrected chi connectivity index (χ0v) is 16.7. The Morgan fingerprint density at radius 2 is 2.00 bits per heavy atom. The van der Waals surface area contributed by atoms with Crippen molar-refractivity contribution in [3.63, 3.8) is 0 Å². The summed E-state index contributed by atoms with van der Waals surface area (Å²) in [5, 5.41) is 5.94. The molecule has 0 aliphatic carbocycles. The van der Waals surface area contributed by atoms with Crippen molar-refractivity contribution in [2.24, 2.45) is 12.1 Å². The van der Waals surface area contributed by atoms with Crippen LogP contribution in [0, 0.1) is 13.8 Å². The van der Waals surface area contributed by atoms with Crippen molar-refractivity contribution in [3.8, 4) is 0 Å². The van der Waals surface area contributed by atoms with Gasteiger partial charge in [0, 0.05) is 38.3 Å². The molecule has 4 rings (SSSR count). The molecule has 0 radical (unpaired) electrons. The maximum absolute atomic E-state index is 13.3. The van der Waals surface area contributed by atoms with Gasteiger partial charge < -0.3 is 9.47 Å². The molecule has 3 heterocycles. The van der Waals surface area contributed by atoms with Crippen LogP contribution in [-0.4, -0.2) is 33.5 Å². The molecule has 0 spiro atoms. The van der Waals surface area contributed by atoms with Crippen LogP contribution in [0.1, 0.15) is 48.5 Å². The second-order valence-corrected chi connectivity index (χ2v) is 7.74. The second kappa shape index (κ2) is 7.26. The number of anilines is 1. The summed E-state index contributed by atoms with van der Waals surface area (Å²) in [5.41, 5.74) is 4.41. The third-order valence-electron chi connectivity index (χ3n) is 5.71. The van der Waals surface area contributed by atoms with E-state index in [2.05, 4.69) is 15.7 Å². The van der Waals surface area contributed by atoms with Crippen LogP contribution in [0.15, 0.2) is 41.6 Å². The lowest BCUT2D eigenvalue weighted by atomic mass is 10.1. The van der Waals surface area contributed by atoms with E-state index in [1.807, 2.05) is 56.3 Å². The summed E-state index contributed by atoms with van der Waals surface area (Å²) in [4.78, 5) is 27.8. The number of carbonyl (C=O) groups excluding carboxylic acids is 2. The van der Waals surface area contributed by atoms with Gasteiger partial charge in [0.15, 0.2) is 0 Å².